The normalized spacial score (nSPS) is 27.1. The van der Waals surface area contributed by atoms with Crippen LogP contribution in [0.15, 0.2) is 40.9 Å². The van der Waals surface area contributed by atoms with Crippen molar-refractivity contribution in [1.82, 2.24) is 10.1 Å². The van der Waals surface area contributed by atoms with E-state index < -0.39 is 0 Å². The molecule has 0 unspecified atom stereocenters. The van der Waals surface area contributed by atoms with Gasteiger partial charge in [-0.2, -0.15) is 0 Å². The van der Waals surface area contributed by atoms with E-state index in [-0.39, 0.29) is 5.91 Å². The number of nitrogens with zero attached hydrogens (tertiary/aromatic N) is 2. The number of likely N-dealkylation sites (tertiary alicyclic amines) is 1. The molecule has 2 aromatic rings. The molecule has 1 saturated carbocycles. The summed E-state index contributed by atoms with van der Waals surface area (Å²) in [5.41, 5.74) is 1.79. The van der Waals surface area contributed by atoms with Gasteiger partial charge in [-0.15, -0.1) is 0 Å². The fraction of sp³-hybridized carbons (Fsp3) is 0.444. The van der Waals surface area contributed by atoms with Crippen molar-refractivity contribution < 1.29 is 9.32 Å². The monoisotopic (exact) mass is 296 g/mol. The molecule has 1 aliphatic carbocycles. The molecule has 1 saturated heterocycles. The summed E-state index contributed by atoms with van der Waals surface area (Å²) >= 11 is 0. The number of rotatable bonds is 2. The Kier molecular flexibility index (Phi) is 3.25. The zero-order valence-electron chi connectivity index (χ0n) is 12.7. The minimum atomic E-state index is 0.0205. The van der Waals surface area contributed by atoms with Crippen LogP contribution in [0.3, 0.4) is 0 Å². The van der Waals surface area contributed by atoms with Gasteiger partial charge < -0.3 is 9.42 Å². The minimum absolute atomic E-state index is 0.0205. The minimum Gasteiger partial charge on any atom is -0.361 e. The number of fused-ring (bicyclic) bond motifs is 1. The highest BCUT2D eigenvalue weighted by Crippen LogP contribution is 2.46. The molecule has 0 spiro atoms. The maximum atomic E-state index is 12.8. The van der Waals surface area contributed by atoms with Crippen LogP contribution in [0.4, 0.5) is 0 Å². The fourth-order valence-electron chi connectivity index (χ4n) is 4.21. The second kappa shape index (κ2) is 5.27. The smallest absolute Gasteiger partial charge is 0.276 e. The van der Waals surface area contributed by atoms with Crippen LogP contribution in [-0.2, 0) is 0 Å². The summed E-state index contributed by atoms with van der Waals surface area (Å²) in [6, 6.07) is 12.7. The predicted octanol–water partition coefficient (Wildman–Crippen LogP) is 3.39. The lowest BCUT2D eigenvalue weighted by atomic mass is 9.87. The van der Waals surface area contributed by atoms with Crippen molar-refractivity contribution in [3.8, 4) is 0 Å². The molecular formula is C18H20N2O2. The Bertz CT molecular complexity index is 679. The highest BCUT2D eigenvalue weighted by molar-refractivity contribution is 5.92. The van der Waals surface area contributed by atoms with Gasteiger partial charge in [0.1, 0.15) is 5.76 Å². The first kappa shape index (κ1) is 13.6. The zero-order valence-corrected chi connectivity index (χ0v) is 12.7. The molecule has 1 amide bonds. The Labute approximate surface area is 130 Å². The van der Waals surface area contributed by atoms with E-state index in [1.54, 1.807) is 6.07 Å². The standard InChI is InChI=1S/C18H20N2O2/c1-12-10-16(19-22-12)18(21)20-11-15(13-6-3-2-4-7-13)14-8-5-9-17(14)20/h2-4,6-7,10,14-15,17H,5,8-9,11H2,1H3/t14-,15+,17+/m0/s1. The lowest BCUT2D eigenvalue weighted by Gasteiger charge is -2.22. The van der Waals surface area contributed by atoms with Crippen molar-refractivity contribution in [3.63, 3.8) is 0 Å². The number of carbonyl (C=O) groups is 1. The van der Waals surface area contributed by atoms with E-state index >= 15 is 0 Å². The molecule has 4 rings (SSSR count). The molecule has 22 heavy (non-hydrogen) atoms. The molecule has 0 radical (unpaired) electrons. The van der Waals surface area contributed by atoms with E-state index in [0.717, 1.165) is 13.0 Å². The average molecular weight is 296 g/mol. The summed E-state index contributed by atoms with van der Waals surface area (Å²) in [4.78, 5) is 14.8. The number of hydrogen-bond acceptors (Lipinski definition) is 3. The van der Waals surface area contributed by atoms with Crippen LogP contribution in [0, 0.1) is 12.8 Å². The van der Waals surface area contributed by atoms with Gasteiger partial charge in [0, 0.05) is 24.6 Å². The Morgan fingerprint density at radius 2 is 2.09 bits per heavy atom. The molecule has 3 atom stereocenters. The van der Waals surface area contributed by atoms with Gasteiger partial charge in [0.15, 0.2) is 5.69 Å². The first-order valence-electron chi connectivity index (χ1n) is 8.03. The SMILES string of the molecule is Cc1cc(C(=O)N2C[C@H](c3ccccc3)[C@@H]3CCC[C@H]32)no1. The lowest BCUT2D eigenvalue weighted by molar-refractivity contribution is 0.0717. The molecule has 114 valence electrons. The van der Waals surface area contributed by atoms with E-state index in [1.165, 1.54) is 18.4 Å². The van der Waals surface area contributed by atoms with Crippen molar-refractivity contribution in [2.45, 2.75) is 38.1 Å². The van der Waals surface area contributed by atoms with E-state index in [0.29, 0.717) is 29.3 Å². The van der Waals surface area contributed by atoms with Gasteiger partial charge in [-0.25, -0.2) is 0 Å². The summed E-state index contributed by atoms with van der Waals surface area (Å²) < 4.78 is 5.07. The molecule has 4 heteroatoms. The Hall–Kier alpha value is -2.10. The Morgan fingerprint density at radius 3 is 2.82 bits per heavy atom. The van der Waals surface area contributed by atoms with E-state index in [4.69, 9.17) is 4.52 Å². The maximum absolute atomic E-state index is 12.8. The highest BCUT2D eigenvalue weighted by atomic mass is 16.5. The third-order valence-corrected chi connectivity index (χ3v) is 5.18. The largest absolute Gasteiger partial charge is 0.361 e. The summed E-state index contributed by atoms with van der Waals surface area (Å²) in [6.45, 7) is 2.61. The van der Waals surface area contributed by atoms with Crippen LogP contribution in [0.25, 0.3) is 0 Å². The maximum Gasteiger partial charge on any atom is 0.276 e. The van der Waals surface area contributed by atoms with Crippen LogP contribution >= 0.6 is 0 Å². The Morgan fingerprint density at radius 1 is 1.27 bits per heavy atom. The third-order valence-electron chi connectivity index (χ3n) is 5.18. The van der Waals surface area contributed by atoms with Crippen LogP contribution in [0.2, 0.25) is 0 Å². The molecule has 0 bridgehead atoms. The van der Waals surface area contributed by atoms with Crippen molar-refractivity contribution in [1.29, 1.82) is 0 Å². The molecule has 1 aromatic heterocycles. The summed E-state index contributed by atoms with van der Waals surface area (Å²) in [7, 11) is 0. The quantitative estimate of drug-likeness (QED) is 0.853. The van der Waals surface area contributed by atoms with Gasteiger partial charge >= 0.3 is 0 Å². The summed E-state index contributed by atoms with van der Waals surface area (Å²) in [6.07, 6.45) is 3.53. The van der Waals surface area contributed by atoms with Gasteiger partial charge in [-0.3, -0.25) is 4.79 Å². The molecule has 0 N–H and O–H groups in total. The number of benzene rings is 1. The second-order valence-corrected chi connectivity index (χ2v) is 6.46. The molecule has 2 fully saturated rings. The summed E-state index contributed by atoms with van der Waals surface area (Å²) in [5.74, 6) is 1.74. The van der Waals surface area contributed by atoms with Gasteiger partial charge in [-0.1, -0.05) is 41.9 Å². The van der Waals surface area contributed by atoms with Gasteiger partial charge in [-0.05, 0) is 31.2 Å². The average Bonchev–Trinajstić information content (AvgIpc) is 3.23. The first-order chi connectivity index (χ1) is 10.7. The van der Waals surface area contributed by atoms with Crippen LogP contribution in [-0.4, -0.2) is 28.6 Å². The topological polar surface area (TPSA) is 46.3 Å². The molecule has 1 aromatic carbocycles. The van der Waals surface area contributed by atoms with Gasteiger partial charge in [0.2, 0.25) is 0 Å². The lowest BCUT2D eigenvalue weighted by Crippen LogP contribution is -2.36. The van der Waals surface area contributed by atoms with Crippen LogP contribution < -0.4 is 0 Å². The zero-order chi connectivity index (χ0) is 15.1. The molecule has 2 aliphatic rings. The van der Waals surface area contributed by atoms with Crippen LogP contribution in [0.5, 0.6) is 0 Å². The van der Waals surface area contributed by atoms with Gasteiger partial charge in [0.05, 0.1) is 0 Å². The Balaban J connectivity index is 1.63. The summed E-state index contributed by atoms with van der Waals surface area (Å²) in [5, 5.41) is 3.91. The fourth-order valence-corrected chi connectivity index (χ4v) is 4.21. The molecule has 4 nitrogen and oxygen atoms in total. The number of hydrogen-bond donors (Lipinski definition) is 0. The van der Waals surface area contributed by atoms with E-state index in [9.17, 15) is 4.79 Å². The first-order valence-corrected chi connectivity index (χ1v) is 8.03. The van der Waals surface area contributed by atoms with Crippen molar-refractivity contribution in [2.75, 3.05) is 6.54 Å². The second-order valence-electron chi connectivity index (χ2n) is 6.46. The predicted molar refractivity (Wildman–Crippen MR) is 82.6 cm³/mol. The van der Waals surface area contributed by atoms with Crippen LogP contribution in [0.1, 0.15) is 47.0 Å². The van der Waals surface area contributed by atoms with Crippen molar-refractivity contribution in [3.05, 3.63) is 53.4 Å². The van der Waals surface area contributed by atoms with E-state index in [2.05, 4.69) is 29.4 Å². The molecular weight excluding hydrogens is 276 g/mol. The van der Waals surface area contributed by atoms with Crippen molar-refractivity contribution >= 4 is 5.91 Å². The highest BCUT2D eigenvalue weighted by Gasteiger charge is 2.47. The van der Waals surface area contributed by atoms with Gasteiger partial charge in [0.25, 0.3) is 5.91 Å². The number of amides is 1. The number of carbonyl (C=O) groups excluding carboxylic acids is 1. The molecule has 2 heterocycles. The number of aryl methyl sites for hydroxylation is 1. The number of aromatic nitrogens is 1. The molecule has 1 aliphatic heterocycles. The van der Waals surface area contributed by atoms with Crippen molar-refractivity contribution in [2.24, 2.45) is 5.92 Å². The van der Waals surface area contributed by atoms with E-state index in [1.807, 2.05) is 17.9 Å². The third kappa shape index (κ3) is 2.14.